The maximum absolute atomic E-state index is 13.8. The molecule has 0 aromatic heterocycles. The summed E-state index contributed by atoms with van der Waals surface area (Å²) in [5, 5.41) is 25.0. The number of para-hydroxylation sites is 1. The first-order valence-electron chi connectivity index (χ1n) is 11.8. The molecule has 9 nitrogen and oxygen atoms in total. The molecule has 0 spiro atoms. The van der Waals surface area contributed by atoms with Gasteiger partial charge in [0.1, 0.15) is 17.7 Å². The number of aryl methyl sites for hydroxylation is 3. The lowest BCUT2D eigenvalue weighted by atomic mass is 9.97. The number of carbonyl (C=O) groups is 3. The molecular formula is C27H37N3O6. The molecule has 2 aromatic rings. The Kier molecular flexibility index (Phi) is 10.0. The molecule has 36 heavy (non-hydrogen) atoms. The average molecular weight is 500 g/mol. The van der Waals surface area contributed by atoms with E-state index >= 15 is 0 Å². The second kappa shape index (κ2) is 12.5. The molecule has 3 amide bonds. The van der Waals surface area contributed by atoms with Crippen LogP contribution in [0, 0.1) is 20.8 Å². The Labute approximate surface area is 212 Å². The smallest absolute Gasteiger partial charge is 0.408 e. The van der Waals surface area contributed by atoms with Gasteiger partial charge in [0.15, 0.2) is 0 Å². The fourth-order valence-electron chi connectivity index (χ4n) is 3.86. The molecule has 2 unspecified atom stereocenters. The van der Waals surface area contributed by atoms with Crippen LogP contribution in [0.5, 0.6) is 0 Å². The molecule has 2 rings (SSSR count). The normalized spacial score (nSPS) is 12.9. The molecule has 0 bridgehead atoms. The Morgan fingerprint density at radius 1 is 0.944 bits per heavy atom. The maximum atomic E-state index is 13.8. The van der Waals surface area contributed by atoms with Crippen LogP contribution in [0.3, 0.4) is 0 Å². The molecule has 0 aliphatic rings. The van der Waals surface area contributed by atoms with Gasteiger partial charge in [-0.1, -0.05) is 42.5 Å². The van der Waals surface area contributed by atoms with Crippen LogP contribution < -0.4 is 10.6 Å². The topological polar surface area (TPSA) is 128 Å². The highest BCUT2D eigenvalue weighted by Gasteiger charge is 2.36. The fraction of sp³-hybridized carbons (Fsp3) is 0.444. The molecule has 0 saturated carbocycles. The van der Waals surface area contributed by atoms with Gasteiger partial charge in [-0.05, 0) is 63.8 Å². The molecule has 2 aromatic carbocycles. The van der Waals surface area contributed by atoms with Crippen molar-refractivity contribution in [1.29, 1.82) is 0 Å². The van der Waals surface area contributed by atoms with Crippen molar-refractivity contribution in [3.63, 3.8) is 0 Å². The third-order valence-electron chi connectivity index (χ3n) is 5.57. The summed E-state index contributed by atoms with van der Waals surface area (Å²) in [7, 11) is 0. The molecule has 0 aliphatic carbocycles. The van der Waals surface area contributed by atoms with E-state index < -0.39 is 48.8 Å². The summed E-state index contributed by atoms with van der Waals surface area (Å²) in [6, 6.07) is 10.2. The Bertz CT molecular complexity index is 1060. The summed E-state index contributed by atoms with van der Waals surface area (Å²) in [6.45, 7) is 9.21. The number of rotatable bonds is 9. The maximum Gasteiger partial charge on any atom is 0.408 e. The Morgan fingerprint density at radius 2 is 1.53 bits per heavy atom. The zero-order valence-electron chi connectivity index (χ0n) is 21.8. The molecule has 9 heteroatoms. The van der Waals surface area contributed by atoms with Crippen LogP contribution in [0.25, 0.3) is 0 Å². The highest BCUT2D eigenvalue weighted by molar-refractivity contribution is 6.00. The van der Waals surface area contributed by atoms with E-state index in [0.29, 0.717) is 11.3 Å². The van der Waals surface area contributed by atoms with Gasteiger partial charge in [0.2, 0.25) is 5.91 Å². The monoisotopic (exact) mass is 499 g/mol. The van der Waals surface area contributed by atoms with Gasteiger partial charge < -0.3 is 30.5 Å². The van der Waals surface area contributed by atoms with E-state index in [4.69, 9.17) is 4.74 Å². The zero-order chi connectivity index (χ0) is 27.0. The number of carbonyl (C=O) groups excluding carboxylic acids is 3. The minimum absolute atomic E-state index is 0.204. The molecule has 196 valence electrons. The number of aliphatic hydroxyl groups excluding tert-OH is 2. The number of alkyl carbamates (subject to hydrolysis) is 1. The minimum Gasteiger partial charge on any atom is -0.444 e. The number of nitrogens with zero attached hydrogens (tertiary/aromatic N) is 1. The van der Waals surface area contributed by atoms with Gasteiger partial charge in [0, 0.05) is 12.2 Å². The zero-order valence-corrected chi connectivity index (χ0v) is 21.8. The number of amides is 3. The molecule has 2 atom stereocenters. The predicted molar refractivity (Wildman–Crippen MR) is 138 cm³/mol. The second-order valence-electron chi connectivity index (χ2n) is 9.65. The fourth-order valence-corrected chi connectivity index (χ4v) is 3.86. The number of aliphatic hydroxyl groups is 2. The number of hydrogen-bond acceptors (Lipinski definition) is 6. The van der Waals surface area contributed by atoms with Crippen LogP contribution in [0.1, 0.15) is 49.1 Å². The van der Waals surface area contributed by atoms with Gasteiger partial charge in [-0.3, -0.25) is 9.59 Å². The quantitative estimate of drug-likeness (QED) is 0.420. The number of nitrogens with one attached hydrogen (secondary N) is 2. The first kappa shape index (κ1) is 28.8. The SMILES string of the molecule is Cc1ccccc1C(C(=O)Nc1c(C)cccc1C)N(CCO)C(=O)C(CO)NC(=O)OC(C)(C)C. The highest BCUT2D eigenvalue weighted by atomic mass is 16.6. The summed E-state index contributed by atoms with van der Waals surface area (Å²) in [5.41, 5.74) is 2.83. The molecule has 0 aliphatic heterocycles. The molecular weight excluding hydrogens is 462 g/mol. The van der Waals surface area contributed by atoms with E-state index in [1.165, 1.54) is 4.90 Å². The summed E-state index contributed by atoms with van der Waals surface area (Å²) in [5.74, 6) is -1.22. The lowest BCUT2D eigenvalue weighted by Crippen LogP contribution is -2.54. The molecule has 0 saturated heterocycles. The lowest BCUT2D eigenvalue weighted by molar-refractivity contribution is -0.142. The Hall–Kier alpha value is -3.43. The van der Waals surface area contributed by atoms with Gasteiger partial charge in [-0.15, -0.1) is 0 Å². The van der Waals surface area contributed by atoms with E-state index in [2.05, 4.69) is 10.6 Å². The van der Waals surface area contributed by atoms with E-state index in [0.717, 1.165) is 16.7 Å². The van der Waals surface area contributed by atoms with Crippen LogP contribution in [-0.2, 0) is 14.3 Å². The largest absolute Gasteiger partial charge is 0.444 e. The number of hydrogen-bond donors (Lipinski definition) is 4. The van der Waals surface area contributed by atoms with Gasteiger partial charge >= 0.3 is 6.09 Å². The standard InChI is InChI=1S/C27H37N3O6/c1-17-10-7-8-13-20(17)23(24(33)29-22-18(2)11-9-12-19(22)3)30(14-15-31)25(34)21(16-32)28-26(35)36-27(4,5)6/h7-13,21,23,31-32H,14-16H2,1-6H3,(H,28,35)(H,29,33). The summed E-state index contributed by atoms with van der Waals surface area (Å²) < 4.78 is 5.22. The van der Waals surface area contributed by atoms with Gasteiger partial charge in [0.25, 0.3) is 5.91 Å². The molecule has 0 heterocycles. The van der Waals surface area contributed by atoms with E-state index in [1.807, 2.05) is 51.1 Å². The van der Waals surface area contributed by atoms with Crippen molar-refractivity contribution in [2.75, 3.05) is 25.1 Å². The summed E-state index contributed by atoms with van der Waals surface area (Å²) in [6.07, 6.45) is -0.883. The van der Waals surface area contributed by atoms with Crippen molar-refractivity contribution in [1.82, 2.24) is 10.2 Å². The average Bonchev–Trinajstić information content (AvgIpc) is 2.79. The van der Waals surface area contributed by atoms with Crippen LogP contribution in [-0.4, -0.2) is 64.4 Å². The third kappa shape index (κ3) is 7.53. The van der Waals surface area contributed by atoms with Crippen LogP contribution in [0.2, 0.25) is 0 Å². The first-order valence-corrected chi connectivity index (χ1v) is 11.8. The summed E-state index contributed by atoms with van der Waals surface area (Å²) in [4.78, 5) is 40.8. The van der Waals surface area contributed by atoms with Crippen molar-refractivity contribution in [3.8, 4) is 0 Å². The molecule has 0 fully saturated rings. The Morgan fingerprint density at radius 3 is 2.06 bits per heavy atom. The van der Waals surface area contributed by atoms with Crippen LogP contribution in [0.15, 0.2) is 42.5 Å². The van der Waals surface area contributed by atoms with Crippen LogP contribution in [0.4, 0.5) is 10.5 Å². The van der Waals surface area contributed by atoms with Crippen molar-refractivity contribution < 1.29 is 29.3 Å². The molecule has 4 N–H and O–H groups in total. The van der Waals surface area contributed by atoms with Crippen molar-refractivity contribution in [2.45, 2.75) is 59.2 Å². The highest BCUT2D eigenvalue weighted by Crippen LogP contribution is 2.28. The number of benzene rings is 2. The number of ether oxygens (including phenoxy) is 1. The second-order valence-corrected chi connectivity index (χ2v) is 9.65. The van der Waals surface area contributed by atoms with Crippen molar-refractivity contribution in [3.05, 3.63) is 64.7 Å². The van der Waals surface area contributed by atoms with E-state index in [9.17, 15) is 24.6 Å². The minimum atomic E-state index is -1.38. The van der Waals surface area contributed by atoms with Gasteiger partial charge in [0.05, 0.1) is 13.2 Å². The van der Waals surface area contributed by atoms with Crippen molar-refractivity contribution >= 4 is 23.6 Å². The Balaban J connectivity index is 2.49. The third-order valence-corrected chi connectivity index (χ3v) is 5.57. The van der Waals surface area contributed by atoms with Gasteiger partial charge in [-0.2, -0.15) is 0 Å². The van der Waals surface area contributed by atoms with E-state index in [-0.39, 0.29) is 6.54 Å². The van der Waals surface area contributed by atoms with Crippen molar-refractivity contribution in [2.24, 2.45) is 0 Å². The molecule has 0 radical (unpaired) electrons. The van der Waals surface area contributed by atoms with Gasteiger partial charge in [-0.25, -0.2) is 4.79 Å². The number of anilines is 1. The predicted octanol–water partition coefficient (Wildman–Crippen LogP) is 3.00. The summed E-state index contributed by atoms with van der Waals surface area (Å²) >= 11 is 0. The van der Waals surface area contributed by atoms with E-state index in [1.54, 1.807) is 32.9 Å². The first-order chi connectivity index (χ1) is 16.9. The van der Waals surface area contributed by atoms with Crippen LogP contribution >= 0.6 is 0 Å². The lowest BCUT2D eigenvalue weighted by Gasteiger charge is -2.34.